The van der Waals surface area contributed by atoms with E-state index in [1.807, 2.05) is 12.1 Å². The lowest BCUT2D eigenvalue weighted by Gasteiger charge is -2.40. The average Bonchev–Trinajstić information content (AvgIpc) is 2.89. The molecule has 0 radical (unpaired) electrons. The Morgan fingerprint density at radius 2 is 1.88 bits per heavy atom. The van der Waals surface area contributed by atoms with Crippen molar-refractivity contribution >= 4 is 10.2 Å². The summed E-state index contributed by atoms with van der Waals surface area (Å²) in [5.74, 6) is 0.756. The molecule has 3 fully saturated rings. The molecule has 0 aliphatic carbocycles. The van der Waals surface area contributed by atoms with Crippen LogP contribution in [0.25, 0.3) is 0 Å². The molecule has 0 spiro atoms. The lowest BCUT2D eigenvalue weighted by molar-refractivity contribution is 0.0606. The number of piperidine rings is 1. The SMILES string of the molecule is O=S(=O)(N1CCOCC1)N1C2CCC1CC(Oc1cccnc1)C2. The van der Waals surface area contributed by atoms with E-state index in [2.05, 4.69) is 4.98 Å². The van der Waals surface area contributed by atoms with Gasteiger partial charge in [0.1, 0.15) is 11.9 Å². The van der Waals surface area contributed by atoms with E-state index in [1.165, 1.54) is 0 Å². The molecule has 4 rings (SSSR count). The number of rotatable bonds is 4. The van der Waals surface area contributed by atoms with Crippen LogP contribution in [0.3, 0.4) is 0 Å². The number of morpholine rings is 1. The molecule has 0 N–H and O–H groups in total. The van der Waals surface area contributed by atoms with Crippen molar-refractivity contribution in [1.82, 2.24) is 13.6 Å². The summed E-state index contributed by atoms with van der Waals surface area (Å²) in [6.07, 6.45) is 6.81. The van der Waals surface area contributed by atoms with E-state index >= 15 is 0 Å². The second-order valence-corrected chi connectivity index (χ2v) is 8.47. The fourth-order valence-corrected chi connectivity index (χ4v) is 6.09. The zero-order chi connectivity index (χ0) is 16.6. The third-order valence-corrected chi connectivity index (χ3v) is 7.27. The minimum absolute atomic E-state index is 0.0401. The van der Waals surface area contributed by atoms with Crippen molar-refractivity contribution < 1.29 is 17.9 Å². The molecule has 2 bridgehead atoms. The van der Waals surface area contributed by atoms with Crippen LogP contribution in [-0.4, -0.2) is 66.5 Å². The quantitative estimate of drug-likeness (QED) is 0.809. The number of hydrogen-bond donors (Lipinski definition) is 0. The van der Waals surface area contributed by atoms with E-state index in [4.69, 9.17) is 9.47 Å². The molecule has 0 amide bonds. The molecule has 3 aliphatic rings. The maximum absolute atomic E-state index is 13.0. The second kappa shape index (κ2) is 6.59. The molecule has 0 saturated carbocycles. The first-order chi connectivity index (χ1) is 11.6. The topological polar surface area (TPSA) is 72.0 Å². The Bertz CT molecular complexity index is 649. The van der Waals surface area contributed by atoms with Crippen molar-refractivity contribution in [2.45, 2.75) is 43.9 Å². The number of hydrogen-bond acceptors (Lipinski definition) is 5. The van der Waals surface area contributed by atoms with Gasteiger partial charge in [0.25, 0.3) is 10.2 Å². The van der Waals surface area contributed by atoms with Crippen LogP contribution in [0.15, 0.2) is 24.5 Å². The Balaban J connectivity index is 1.47. The van der Waals surface area contributed by atoms with Gasteiger partial charge in [0, 0.05) is 44.2 Å². The number of ether oxygens (including phenoxy) is 2. The Morgan fingerprint density at radius 3 is 2.50 bits per heavy atom. The van der Waals surface area contributed by atoms with Gasteiger partial charge in [-0.05, 0) is 25.0 Å². The van der Waals surface area contributed by atoms with Gasteiger partial charge < -0.3 is 9.47 Å². The molecule has 8 heteroatoms. The fraction of sp³-hybridized carbons (Fsp3) is 0.688. The van der Waals surface area contributed by atoms with E-state index in [1.54, 1.807) is 21.0 Å². The second-order valence-electron chi connectivity index (χ2n) is 6.63. The molecule has 1 aromatic rings. The van der Waals surface area contributed by atoms with Crippen LogP contribution in [0.5, 0.6) is 5.75 Å². The van der Waals surface area contributed by atoms with Gasteiger partial charge in [-0.25, -0.2) is 0 Å². The van der Waals surface area contributed by atoms with E-state index in [0.717, 1.165) is 31.4 Å². The zero-order valence-electron chi connectivity index (χ0n) is 13.6. The largest absolute Gasteiger partial charge is 0.489 e. The minimum Gasteiger partial charge on any atom is -0.489 e. The maximum atomic E-state index is 13.0. The number of aromatic nitrogens is 1. The van der Waals surface area contributed by atoms with Crippen LogP contribution >= 0.6 is 0 Å². The highest BCUT2D eigenvalue weighted by Gasteiger charge is 2.49. The lowest BCUT2D eigenvalue weighted by atomic mass is 10.0. The van der Waals surface area contributed by atoms with Crippen molar-refractivity contribution in [2.75, 3.05) is 26.3 Å². The van der Waals surface area contributed by atoms with E-state index in [-0.39, 0.29) is 18.2 Å². The summed E-state index contributed by atoms with van der Waals surface area (Å²) >= 11 is 0. The molecule has 4 heterocycles. The van der Waals surface area contributed by atoms with Gasteiger partial charge in [-0.3, -0.25) is 4.98 Å². The summed E-state index contributed by atoms with van der Waals surface area (Å²) in [6.45, 7) is 1.87. The summed E-state index contributed by atoms with van der Waals surface area (Å²) in [5.41, 5.74) is 0. The van der Waals surface area contributed by atoms with Crippen molar-refractivity contribution in [3.63, 3.8) is 0 Å². The Kier molecular flexibility index (Phi) is 4.46. The Morgan fingerprint density at radius 1 is 1.17 bits per heavy atom. The summed E-state index contributed by atoms with van der Waals surface area (Å²) < 4.78 is 40.7. The Hall–Kier alpha value is -1.22. The molecule has 2 atom stereocenters. The van der Waals surface area contributed by atoms with Crippen molar-refractivity contribution in [1.29, 1.82) is 0 Å². The van der Waals surface area contributed by atoms with Gasteiger partial charge in [-0.15, -0.1) is 0 Å². The minimum atomic E-state index is -3.40. The Labute approximate surface area is 142 Å². The highest BCUT2D eigenvalue weighted by Crippen LogP contribution is 2.40. The number of fused-ring (bicyclic) bond motifs is 2. The van der Waals surface area contributed by atoms with Gasteiger partial charge in [-0.1, -0.05) is 0 Å². The summed E-state index contributed by atoms with van der Waals surface area (Å²) in [4.78, 5) is 4.07. The first kappa shape index (κ1) is 16.3. The summed E-state index contributed by atoms with van der Waals surface area (Å²) in [5, 5.41) is 0. The molecule has 7 nitrogen and oxygen atoms in total. The summed E-state index contributed by atoms with van der Waals surface area (Å²) in [6, 6.07) is 3.82. The third-order valence-electron chi connectivity index (χ3n) is 5.12. The van der Waals surface area contributed by atoms with Gasteiger partial charge in [0.15, 0.2) is 0 Å². The van der Waals surface area contributed by atoms with Crippen LogP contribution in [-0.2, 0) is 14.9 Å². The van der Waals surface area contributed by atoms with E-state index < -0.39 is 10.2 Å². The highest BCUT2D eigenvalue weighted by molar-refractivity contribution is 7.86. The third kappa shape index (κ3) is 3.03. The van der Waals surface area contributed by atoms with Crippen molar-refractivity contribution in [3.8, 4) is 5.75 Å². The first-order valence-corrected chi connectivity index (χ1v) is 9.97. The normalized spacial score (nSPS) is 31.9. The van der Waals surface area contributed by atoms with Gasteiger partial charge >= 0.3 is 0 Å². The van der Waals surface area contributed by atoms with Crippen LogP contribution in [0.4, 0.5) is 0 Å². The molecule has 1 aromatic heterocycles. The lowest BCUT2D eigenvalue weighted by Crippen LogP contribution is -2.56. The van der Waals surface area contributed by atoms with E-state index in [9.17, 15) is 8.42 Å². The van der Waals surface area contributed by atoms with Crippen LogP contribution in [0.1, 0.15) is 25.7 Å². The zero-order valence-corrected chi connectivity index (χ0v) is 14.4. The summed E-state index contributed by atoms with van der Waals surface area (Å²) in [7, 11) is -3.40. The van der Waals surface area contributed by atoms with Gasteiger partial charge in [0.05, 0.1) is 19.4 Å². The monoisotopic (exact) mass is 353 g/mol. The predicted molar refractivity (Wildman–Crippen MR) is 87.8 cm³/mol. The number of nitrogens with zero attached hydrogens (tertiary/aromatic N) is 3. The van der Waals surface area contributed by atoms with Crippen molar-refractivity contribution in [3.05, 3.63) is 24.5 Å². The molecule has 3 saturated heterocycles. The van der Waals surface area contributed by atoms with Gasteiger partial charge in [0.2, 0.25) is 0 Å². The molecule has 3 aliphatic heterocycles. The molecule has 2 unspecified atom stereocenters. The number of pyridine rings is 1. The molecular weight excluding hydrogens is 330 g/mol. The fourth-order valence-electron chi connectivity index (χ4n) is 4.08. The molecule has 24 heavy (non-hydrogen) atoms. The maximum Gasteiger partial charge on any atom is 0.282 e. The van der Waals surface area contributed by atoms with Crippen LogP contribution < -0.4 is 4.74 Å². The average molecular weight is 353 g/mol. The molecular formula is C16H23N3O4S. The van der Waals surface area contributed by atoms with E-state index in [0.29, 0.717) is 26.3 Å². The smallest absolute Gasteiger partial charge is 0.282 e. The predicted octanol–water partition coefficient (Wildman–Crippen LogP) is 1.03. The first-order valence-electron chi connectivity index (χ1n) is 8.57. The van der Waals surface area contributed by atoms with Crippen molar-refractivity contribution in [2.24, 2.45) is 0 Å². The highest BCUT2D eigenvalue weighted by atomic mass is 32.2. The molecule has 132 valence electrons. The van der Waals surface area contributed by atoms with Gasteiger partial charge in [-0.2, -0.15) is 17.0 Å². The molecule has 0 aromatic carbocycles. The standard InChI is InChI=1S/C16H23N3O4S/c20-24(21,18-6-8-22-9-7-18)19-13-3-4-14(19)11-16(10-13)23-15-2-1-5-17-12-15/h1-2,5,12-14,16H,3-4,6-11H2. The van der Waals surface area contributed by atoms with Crippen LogP contribution in [0.2, 0.25) is 0 Å². The van der Waals surface area contributed by atoms with Crippen LogP contribution in [0, 0.1) is 0 Å².